The molecule has 0 saturated carbocycles. The second-order valence-electron chi connectivity index (χ2n) is 2.46. The first kappa shape index (κ1) is 8.99. The van der Waals surface area contributed by atoms with E-state index in [0.717, 1.165) is 0 Å². The highest BCUT2D eigenvalue weighted by Crippen LogP contribution is 1.98. The van der Waals surface area contributed by atoms with Gasteiger partial charge in [-0.2, -0.15) is 10.1 Å². The maximum absolute atomic E-state index is 11.4. The van der Waals surface area contributed by atoms with Crippen LogP contribution in [-0.4, -0.2) is 36.3 Å². The molecule has 0 fully saturated rings. The van der Waals surface area contributed by atoms with Crippen molar-refractivity contribution in [2.75, 3.05) is 11.1 Å². The average Bonchev–Trinajstić information content (AvgIpc) is 2.66. The summed E-state index contributed by atoms with van der Waals surface area (Å²) in [6.07, 6.45) is 2.79. The number of nitrogen functional groups attached to an aromatic ring is 1. The summed E-state index contributed by atoms with van der Waals surface area (Å²) in [6, 6.07) is 0. The van der Waals surface area contributed by atoms with Crippen LogP contribution in [0.2, 0.25) is 0 Å². The van der Waals surface area contributed by atoms with Crippen LogP contribution in [0.25, 0.3) is 0 Å². The highest BCUT2D eigenvalue weighted by atomic mass is 16.2. The Labute approximate surface area is 83.1 Å². The minimum absolute atomic E-state index is 0.00717. The molecule has 0 aliphatic rings. The number of carbonyl (C=O) groups is 1. The zero-order chi connectivity index (χ0) is 10.7. The molecule has 15 heavy (non-hydrogen) atoms. The lowest BCUT2D eigenvalue weighted by molar-refractivity contribution is 0.101. The molecule has 0 aromatic carbocycles. The van der Waals surface area contributed by atoms with Crippen molar-refractivity contribution in [3.8, 4) is 0 Å². The number of aromatic amines is 1. The third-order valence-electron chi connectivity index (χ3n) is 1.43. The first-order chi connectivity index (χ1) is 7.25. The van der Waals surface area contributed by atoms with Gasteiger partial charge in [0.05, 0.1) is 12.4 Å². The van der Waals surface area contributed by atoms with Crippen molar-refractivity contribution in [2.45, 2.75) is 0 Å². The van der Waals surface area contributed by atoms with E-state index in [1.807, 2.05) is 0 Å². The fourth-order valence-electron chi connectivity index (χ4n) is 0.842. The molecule has 2 aromatic heterocycles. The number of rotatable bonds is 2. The van der Waals surface area contributed by atoms with Crippen LogP contribution in [0.15, 0.2) is 12.4 Å². The highest BCUT2D eigenvalue weighted by molar-refractivity contribution is 6.00. The quantitative estimate of drug-likeness (QED) is 0.562. The molecule has 2 aromatic rings. The topological polar surface area (TPSA) is 135 Å². The summed E-state index contributed by atoms with van der Waals surface area (Å²) >= 11 is 0. The lowest BCUT2D eigenvalue weighted by Crippen LogP contribution is -2.16. The summed E-state index contributed by atoms with van der Waals surface area (Å²) in [4.78, 5) is 18.8. The van der Waals surface area contributed by atoms with E-state index in [4.69, 9.17) is 5.73 Å². The van der Waals surface area contributed by atoms with Gasteiger partial charge in [-0.1, -0.05) is 0 Å². The lowest BCUT2D eigenvalue weighted by atomic mass is 10.5. The molecule has 0 spiro atoms. The average molecular weight is 206 g/mol. The first-order valence-electron chi connectivity index (χ1n) is 3.88. The Hall–Kier alpha value is -2.58. The first-order valence-corrected chi connectivity index (χ1v) is 3.88. The summed E-state index contributed by atoms with van der Waals surface area (Å²) in [5.74, 6) is -0.475. The Kier molecular flexibility index (Phi) is 2.19. The molecule has 0 saturated heterocycles. The van der Waals surface area contributed by atoms with Gasteiger partial charge < -0.3 is 5.73 Å². The van der Waals surface area contributed by atoms with Crippen molar-refractivity contribution in [1.29, 1.82) is 0 Å². The van der Waals surface area contributed by atoms with Gasteiger partial charge in [-0.05, 0) is 0 Å². The summed E-state index contributed by atoms with van der Waals surface area (Å²) in [6.45, 7) is 0. The SMILES string of the molecule is Nc1n[nH]c(C(=O)Nc2nccnn2)n1. The normalized spacial score (nSPS) is 9.87. The Morgan fingerprint density at radius 2 is 2.33 bits per heavy atom. The summed E-state index contributed by atoms with van der Waals surface area (Å²) < 4.78 is 0. The van der Waals surface area contributed by atoms with Gasteiger partial charge in [-0.15, -0.1) is 10.2 Å². The smallest absolute Gasteiger partial charge is 0.295 e. The van der Waals surface area contributed by atoms with E-state index in [2.05, 4.69) is 35.7 Å². The molecule has 1 amide bonds. The number of aromatic nitrogens is 6. The van der Waals surface area contributed by atoms with Crippen molar-refractivity contribution in [1.82, 2.24) is 30.4 Å². The van der Waals surface area contributed by atoms with E-state index in [1.165, 1.54) is 12.4 Å². The minimum atomic E-state index is -0.535. The van der Waals surface area contributed by atoms with Crippen LogP contribution in [0.4, 0.5) is 11.9 Å². The molecular formula is C6H6N8O. The maximum Gasteiger partial charge on any atom is 0.295 e. The van der Waals surface area contributed by atoms with Crippen LogP contribution in [0.3, 0.4) is 0 Å². The zero-order valence-corrected chi connectivity index (χ0v) is 7.38. The van der Waals surface area contributed by atoms with E-state index < -0.39 is 5.91 Å². The molecular weight excluding hydrogens is 200 g/mol. The van der Waals surface area contributed by atoms with Crippen LogP contribution >= 0.6 is 0 Å². The van der Waals surface area contributed by atoms with Crippen molar-refractivity contribution in [3.05, 3.63) is 18.2 Å². The van der Waals surface area contributed by atoms with Crippen LogP contribution < -0.4 is 11.1 Å². The Balaban J connectivity index is 2.11. The van der Waals surface area contributed by atoms with Crippen molar-refractivity contribution >= 4 is 17.8 Å². The van der Waals surface area contributed by atoms with E-state index in [0.29, 0.717) is 0 Å². The molecule has 0 atom stereocenters. The van der Waals surface area contributed by atoms with Crippen LogP contribution in [0, 0.1) is 0 Å². The maximum atomic E-state index is 11.4. The molecule has 0 unspecified atom stereocenters. The van der Waals surface area contributed by atoms with E-state index >= 15 is 0 Å². The molecule has 9 nitrogen and oxygen atoms in total. The van der Waals surface area contributed by atoms with Gasteiger partial charge in [0, 0.05) is 0 Å². The molecule has 0 aliphatic heterocycles. The molecule has 0 radical (unpaired) electrons. The lowest BCUT2D eigenvalue weighted by Gasteiger charge is -1.97. The molecule has 4 N–H and O–H groups in total. The molecule has 0 bridgehead atoms. The van der Waals surface area contributed by atoms with Crippen molar-refractivity contribution < 1.29 is 4.79 Å². The van der Waals surface area contributed by atoms with Gasteiger partial charge in [-0.3, -0.25) is 15.2 Å². The van der Waals surface area contributed by atoms with Gasteiger partial charge in [0.25, 0.3) is 5.91 Å². The molecule has 0 aliphatic carbocycles. The Morgan fingerprint density at radius 3 is 2.93 bits per heavy atom. The number of nitrogens with two attached hydrogens (primary N) is 1. The standard InChI is InChI=1S/C6H6N8O/c7-5-10-3(12-13-5)4(15)11-6-8-1-2-9-14-6/h1-2H,(H3,7,10,12,13)(H,8,11,14,15). The number of anilines is 2. The number of nitrogens with zero attached hydrogens (tertiary/aromatic N) is 5. The number of hydrogen-bond donors (Lipinski definition) is 3. The van der Waals surface area contributed by atoms with Crippen LogP contribution in [-0.2, 0) is 0 Å². The highest BCUT2D eigenvalue weighted by Gasteiger charge is 2.11. The predicted molar refractivity (Wildman–Crippen MR) is 48.6 cm³/mol. The predicted octanol–water partition coefficient (Wildman–Crippen LogP) is -1.18. The van der Waals surface area contributed by atoms with Gasteiger partial charge in [0.15, 0.2) is 0 Å². The molecule has 2 rings (SSSR count). The Bertz CT molecular complexity index is 465. The summed E-state index contributed by atoms with van der Waals surface area (Å²) in [7, 11) is 0. The van der Waals surface area contributed by atoms with Crippen molar-refractivity contribution in [3.63, 3.8) is 0 Å². The third kappa shape index (κ3) is 2.02. The van der Waals surface area contributed by atoms with E-state index in [1.54, 1.807) is 0 Å². The van der Waals surface area contributed by atoms with Gasteiger partial charge in [0.2, 0.25) is 17.7 Å². The van der Waals surface area contributed by atoms with E-state index in [9.17, 15) is 4.79 Å². The monoisotopic (exact) mass is 206 g/mol. The summed E-state index contributed by atoms with van der Waals surface area (Å²) in [5.41, 5.74) is 5.23. The van der Waals surface area contributed by atoms with Crippen LogP contribution in [0.5, 0.6) is 0 Å². The van der Waals surface area contributed by atoms with Crippen molar-refractivity contribution in [2.24, 2.45) is 0 Å². The Morgan fingerprint density at radius 1 is 1.47 bits per heavy atom. The van der Waals surface area contributed by atoms with Crippen LogP contribution in [0.1, 0.15) is 10.6 Å². The summed E-state index contributed by atoms with van der Waals surface area (Å²) in [5, 5.41) is 15.3. The van der Waals surface area contributed by atoms with E-state index in [-0.39, 0.29) is 17.7 Å². The molecule has 76 valence electrons. The van der Waals surface area contributed by atoms with Gasteiger partial charge >= 0.3 is 0 Å². The second kappa shape index (κ2) is 3.65. The third-order valence-corrected chi connectivity index (χ3v) is 1.43. The second-order valence-corrected chi connectivity index (χ2v) is 2.46. The number of hydrogen-bond acceptors (Lipinski definition) is 7. The van der Waals surface area contributed by atoms with Gasteiger partial charge in [0.1, 0.15) is 0 Å². The zero-order valence-electron chi connectivity index (χ0n) is 7.38. The van der Waals surface area contributed by atoms with Gasteiger partial charge in [-0.25, -0.2) is 4.98 Å². The largest absolute Gasteiger partial charge is 0.366 e. The fraction of sp³-hybridized carbons (Fsp3) is 0. The minimum Gasteiger partial charge on any atom is -0.366 e. The molecule has 9 heteroatoms. The number of nitrogens with one attached hydrogen (secondary N) is 2. The number of carbonyl (C=O) groups excluding carboxylic acids is 1. The molecule has 2 heterocycles. The fourth-order valence-corrected chi connectivity index (χ4v) is 0.842. The number of H-pyrrole nitrogens is 1. The number of amides is 1.